The maximum atomic E-state index is 10.2. The van der Waals surface area contributed by atoms with Crippen LogP contribution < -0.4 is 0 Å². The zero-order chi connectivity index (χ0) is 23.4. The summed E-state index contributed by atoms with van der Waals surface area (Å²) in [5.74, 6) is 0.427. The zero-order valence-corrected chi connectivity index (χ0v) is 19.8. The van der Waals surface area contributed by atoms with Crippen molar-refractivity contribution in [3.8, 4) is 11.5 Å². The fraction of sp³-hybridized carbons (Fsp3) is 0.481. The minimum absolute atomic E-state index is 0.112. The number of benzene rings is 1. The van der Waals surface area contributed by atoms with Crippen LogP contribution >= 0.6 is 0 Å². The van der Waals surface area contributed by atoms with Crippen LogP contribution in [0, 0.1) is 6.92 Å². The van der Waals surface area contributed by atoms with E-state index in [0.717, 1.165) is 36.8 Å². The average Bonchev–Trinajstić information content (AvgIpc) is 2.70. The SMILES string of the molecule is CC(C)=CCC(O)/C(=C/CC/C(C)=C/CC/C(C)=C/Cc1cc(O)cc(C)c1O)CO. The van der Waals surface area contributed by atoms with Crippen LogP contribution in [0.3, 0.4) is 0 Å². The molecule has 4 N–H and O–H groups in total. The van der Waals surface area contributed by atoms with Gasteiger partial charge in [-0.1, -0.05) is 41.0 Å². The van der Waals surface area contributed by atoms with E-state index >= 15 is 0 Å². The number of aliphatic hydroxyl groups is 2. The second kappa shape index (κ2) is 13.9. The number of aromatic hydroxyl groups is 2. The van der Waals surface area contributed by atoms with E-state index in [1.807, 2.05) is 26.0 Å². The molecule has 0 aliphatic rings. The summed E-state index contributed by atoms with van der Waals surface area (Å²) in [6.07, 6.45) is 12.4. The van der Waals surface area contributed by atoms with Gasteiger partial charge in [0.1, 0.15) is 11.5 Å². The number of aliphatic hydroxyl groups excluding tert-OH is 2. The highest BCUT2D eigenvalue weighted by molar-refractivity contribution is 5.46. The molecule has 0 amide bonds. The van der Waals surface area contributed by atoms with E-state index in [4.69, 9.17) is 0 Å². The molecule has 1 atom stereocenters. The lowest BCUT2D eigenvalue weighted by molar-refractivity contribution is 0.189. The van der Waals surface area contributed by atoms with Gasteiger partial charge in [-0.05, 0) is 96.4 Å². The number of phenolic OH excluding ortho intramolecular Hbond substituents is 2. The minimum atomic E-state index is -0.619. The first-order chi connectivity index (χ1) is 14.6. The largest absolute Gasteiger partial charge is 0.508 e. The fourth-order valence-corrected chi connectivity index (χ4v) is 3.31. The second-order valence-electron chi connectivity index (χ2n) is 8.62. The van der Waals surface area contributed by atoms with Crippen molar-refractivity contribution >= 4 is 0 Å². The summed E-state index contributed by atoms with van der Waals surface area (Å²) in [6, 6.07) is 3.17. The lowest BCUT2D eigenvalue weighted by atomic mass is 10.0. The Morgan fingerprint density at radius 1 is 0.903 bits per heavy atom. The van der Waals surface area contributed by atoms with Crippen molar-refractivity contribution in [3.63, 3.8) is 0 Å². The van der Waals surface area contributed by atoms with Crippen LogP contribution in [0.25, 0.3) is 0 Å². The van der Waals surface area contributed by atoms with E-state index < -0.39 is 6.10 Å². The van der Waals surface area contributed by atoms with Crippen molar-refractivity contribution in [1.82, 2.24) is 0 Å². The highest BCUT2D eigenvalue weighted by Gasteiger charge is 2.08. The highest BCUT2D eigenvalue weighted by Crippen LogP contribution is 2.28. The standard InChI is InChI=1S/C27H40O4/c1-19(2)12-15-26(30)24(18-28)11-7-10-20(3)8-6-9-21(4)13-14-23-17-25(29)16-22(5)27(23)31/h8,11-13,16-17,26,28-31H,6-7,9-10,14-15,18H2,1-5H3/b20-8+,21-13+,24-11+. The zero-order valence-electron chi connectivity index (χ0n) is 19.8. The molecule has 1 unspecified atom stereocenters. The lowest BCUT2D eigenvalue weighted by Crippen LogP contribution is -2.12. The first-order valence-electron chi connectivity index (χ1n) is 11.1. The molecule has 0 heterocycles. The van der Waals surface area contributed by atoms with E-state index in [1.54, 1.807) is 19.1 Å². The maximum absolute atomic E-state index is 10.2. The van der Waals surface area contributed by atoms with Crippen LogP contribution in [0.15, 0.2) is 58.7 Å². The number of rotatable bonds is 12. The van der Waals surface area contributed by atoms with Gasteiger partial charge in [-0.25, -0.2) is 0 Å². The van der Waals surface area contributed by atoms with E-state index in [1.165, 1.54) is 11.1 Å². The molecule has 1 aromatic carbocycles. The van der Waals surface area contributed by atoms with Crippen LogP contribution in [0.1, 0.15) is 70.9 Å². The third-order valence-electron chi connectivity index (χ3n) is 5.37. The van der Waals surface area contributed by atoms with Crippen molar-refractivity contribution in [2.75, 3.05) is 6.61 Å². The molecule has 0 radical (unpaired) electrons. The number of hydrogen-bond acceptors (Lipinski definition) is 4. The van der Waals surface area contributed by atoms with Gasteiger partial charge in [0.15, 0.2) is 0 Å². The van der Waals surface area contributed by atoms with Crippen LogP contribution in [0.5, 0.6) is 11.5 Å². The summed E-state index contributed by atoms with van der Waals surface area (Å²) in [5, 5.41) is 39.5. The Hall–Kier alpha value is -2.30. The van der Waals surface area contributed by atoms with Gasteiger partial charge in [-0.3, -0.25) is 0 Å². The van der Waals surface area contributed by atoms with Crippen molar-refractivity contribution in [2.45, 2.75) is 79.2 Å². The Labute approximate surface area is 188 Å². The van der Waals surface area contributed by atoms with Crippen molar-refractivity contribution in [2.24, 2.45) is 0 Å². The summed E-state index contributed by atoms with van der Waals surface area (Å²) < 4.78 is 0. The first kappa shape index (κ1) is 26.7. The van der Waals surface area contributed by atoms with Gasteiger partial charge in [0.2, 0.25) is 0 Å². The fourth-order valence-electron chi connectivity index (χ4n) is 3.31. The number of allylic oxidation sites excluding steroid dienone is 6. The Bertz CT molecular complexity index is 824. The third kappa shape index (κ3) is 10.5. The van der Waals surface area contributed by atoms with E-state index in [2.05, 4.69) is 26.0 Å². The molecule has 31 heavy (non-hydrogen) atoms. The predicted octanol–water partition coefficient (Wildman–Crippen LogP) is 6.04. The van der Waals surface area contributed by atoms with Crippen LogP contribution in [0.4, 0.5) is 0 Å². The predicted molar refractivity (Wildman–Crippen MR) is 129 cm³/mol. The molecule has 4 nitrogen and oxygen atoms in total. The van der Waals surface area contributed by atoms with Crippen LogP contribution in [0.2, 0.25) is 0 Å². The molecule has 172 valence electrons. The quantitative estimate of drug-likeness (QED) is 0.242. The third-order valence-corrected chi connectivity index (χ3v) is 5.37. The maximum Gasteiger partial charge on any atom is 0.122 e. The van der Waals surface area contributed by atoms with E-state index in [0.29, 0.717) is 24.0 Å². The molecule has 1 rings (SSSR count). The summed E-state index contributed by atoms with van der Waals surface area (Å²) in [7, 11) is 0. The van der Waals surface area contributed by atoms with Crippen molar-refractivity contribution < 1.29 is 20.4 Å². The van der Waals surface area contributed by atoms with Gasteiger partial charge in [0.25, 0.3) is 0 Å². The van der Waals surface area contributed by atoms with Gasteiger partial charge < -0.3 is 20.4 Å². The summed E-state index contributed by atoms with van der Waals surface area (Å²) in [6.45, 7) is 9.86. The first-order valence-corrected chi connectivity index (χ1v) is 11.1. The normalized spacial score (nSPS) is 14.0. The number of aryl methyl sites for hydroxylation is 1. The molecular weight excluding hydrogens is 388 g/mol. The molecule has 0 saturated heterocycles. The van der Waals surface area contributed by atoms with Gasteiger partial charge in [0, 0.05) is 5.56 Å². The van der Waals surface area contributed by atoms with E-state index in [-0.39, 0.29) is 18.1 Å². The Morgan fingerprint density at radius 3 is 2.13 bits per heavy atom. The molecule has 0 spiro atoms. The molecule has 0 saturated carbocycles. The molecule has 0 aromatic heterocycles. The summed E-state index contributed by atoms with van der Waals surface area (Å²) in [4.78, 5) is 0. The lowest BCUT2D eigenvalue weighted by Gasteiger charge is -2.11. The average molecular weight is 429 g/mol. The minimum Gasteiger partial charge on any atom is -0.508 e. The summed E-state index contributed by atoms with van der Waals surface area (Å²) >= 11 is 0. The summed E-state index contributed by atoms with van der Waals surface area (Å²) in [5.41, 5.74) is 5.81. The van der Waals surface area contributed by atoms with E-state index in [9.17, 15) is 20.4 Å². The monoisotopic (exact) mass is 428 g/mol. The molecule has 4 heteroatoms. The van der Waals surface area contributed by atoms with Crippen LogP contribution in [-0.2, 0) is 6.42 Å². The van der Waals surface area contributed by atoms with Crippen LogP contribution in [-0.4, -0.2) is 33.1 Å². The molecule has 0 aliphatic carbocycles. The van der Waals surface area contributed by atoms with Crippen molar-refractivity contribution in [3.05, 3.63) is 69.9 Å². The molecule has 1 aromatic rings. The molecule has 0 bridgehead atoms. The highest BCUT2D eigenvalue weighted by atomic mass is 16.3. The van der Waals surface area contributed by atoms with Gasteiger partial charge in [-0.2, -0.15) is 0 Å². The topological polar surface area (TPSA) is 80.9 Å². The van der Waals surface area contributed by atoms with Gasteiger partial charge in [-0.15, -0.1) is 0 Å². The smallest absolute Gasteiger partial charge is 0.122 e. The molecular formula is C27H40O4. The van der Waals surface area contributed by atoms with Gasteiger partial charge >= 0.3 is 0 Å². The Kier molecular flexibility index (Phi) is 12.0. The van der Waals surface area contributed by atoms with Crippen molar-refractivity contribution in [1.29, 1.82) is 0 Å². The number of phenols is 2. The Balaban J connectivity index is 2.50. The number of hydrogen-bond donors (Lipinski definition) is 4. The molecule has 0 aliphatic heterocycles. The Morgan fingerprint density at radius 2 is 1.52 bits per heavy atom. The van der Waals surface area contributed by atoms with Gasteiger partial charge in [0.05, 0.1) is 12.7 Å². The molecule has 0 fully saturated rings. The second-order valence-corrected chi connectivity index (χ2v) is 8.62.